The average molecular weight is 201 g/mol. The summed E-state index contributed by atoms with van der Waals surface area (Å²) < 4.78 is 4.80. The van der Waals surface area contributed by atoms with Crippen LogP contribution in [-0.4, -0.2) is 18.4 Å². The van der Waals surface area contributed by atoms with Crippen molar-refractivity contribution in [2.45, 2.75) is 9.88 Å². The van der Waals surface area contributed by atoms with Crippen LogP contribution >= 0.6 is 0 Å². The maximum absolute atomic E-state index is 2.40. The molecule has 1 aliphatic rings. The van der Waals surface area contributed by atoms with E-state index in [1.807, 2.05) is 0 Å². The van der Waals surface area contributed by atoms with Crippen molar-refractivity contribution in [2.24, 2.45) is 0 Å². The molecule has 0 aromatic carbocycles. The fourth-order valence-corrected chi connectivity index (χ4v) is 4.45. The summed E-state index contributed by atoms with van der Waals surface area (Å²) in [5.74, 6) is 0. The van der Waals surface area contributed by atoms with Gasteiger partial charge in [0.05, 0.1) is 0 Å². The first kappa shape index (κ1) is 5.42. The second-order valence-electron chi connectivity index (χ2n) is 2.54. The van der Waals surface area contributed by atoms with Crippen molar-refractivity contribution in [3.05, 3.63) is 20.3 Å². The summed E-state index contributed by atoms with van der Waals surface area (Å²) in [6.45, 7) is 0. The predicted octanol–water partition coefficient (Wildman–Crippen LogP) is 1.90. The number of allylic oxidation sites excluding steroid dienone is 2. The monoisotopic (exact) mass is 202 g/mol. The minimum atomic E-state index is -1.53. The zero-order valence-electron chi connectivity index (χ0n) is 4.81. The van der Waals surface area contributed by atoms with Crippen LogP contribution in [0.25, 0.3) is 0 Å². The summed E-state index contributed by atoms with van der Waals surface area (Å²) in [4.78, 5) is 4.80. The van der Waals surface area contributed by atoms with Crippen molar-refractivity contribution in [2.75, 3.05) is 0 Å². The van der Waals surface area contributed by atoms with Crippen LogP contribution in [0.5, 0.6) is 0 Å². The van der Waals surface area contributed by atoms with Gasteiger partial charge in [0.2, 0.25) is 0 Å². The van der Waals surface area contributed by atoms with E-state index in [4.69, 9.17) is 0 Å². The van der Waals surface area contributed by atoms with E-state index >= 15 is 0 Å². The van der Waals surface area contributed by atoms with Crippen molar-refractivity contribution < 1.29 is 0 Å². The van der Waals surface area contributed by atoms with Gasteiger partial charge in [0, 0.05) is 0 Å². The van der Waals surface area contributed by atoms with E-state index in [9.17, 15) is 0 Å². The topological polar surface area (TPSA) is 0 Å². The molecule has 0 nitrogen and oxygen atoms in total. The second kappa shape index (κ2) is 1.66. The summed E-state index contributed by atoms with van der Waals surface area (Å²) >= 11 is -1.53. The second-order valence-corrected chi connectivity index (χ2v) is 14.8. The standard InChI is InChI=1S/C4H4.2CH3.Sn/c1-3-4-2;;;/h1-4H;2*1H3;. The molecular formula is C6H10Sn. The third kappa shape index (κ3) is 1.34. The summed E-state index contributed by atoms with van der Waals surface area (Å²) in [5.41, 5.74) is 0. The SMILES string of the molecule is [CH3][Sn]1([CH3])[CH]=CC=[CH]1. The number of hydrogen-bond acceptors (Lipinski definition) is 0. The van der Waals surface area contributed by atoms with Gasteiger partial charge in [0.1, 0.15) is 0 Å². The van der Waals surface area contributed by atoms with E-state index in [0.29, 0.717) is 0 Å². The Hall–Kier alpha value is 0.279. The Labute approximate surface area is 48.8 Å². The van der Waals surface area contributed by atoms with Gasteiger partial charge in [-0.15, -0.1) is 0 Å². The Bertz CT molecular complexity index is 106. The molecule has 0 saturated heterocycles. The Kier molecular flexibility index (Phi) is 1.28. The van der Waals surface area contributed by atoms with Crippen LogP contribution in [0.2, 0.25) is 9.88 Å². The summed E-state index contributed by atoms with van der Waals surface area (Å²) in [7, 11) is 0. The van der Waals surface area contributed by atoms with Gasteiger partial charge in [-0.1, -0.05) is 0 Å². The third-order valence-electron chi connectivity index (χ3n) is 1.16. The minimum absolute atomic E-state index is 1.53. The van der Waals surface area contributed by atoms with Gasteiger partial charge in [0.25, 0.3) is 0 Å². The molecule has 0 atom stereocenters. The Morgan fingerprint density at radius 2 is 1.43 bits per heavy atom. The number of hydrogen-bond donors (Lipinski definition) is 0. The first-order valence-corrected chi connectivity index (χ1v) is 11.6. The molecule has 7 heavy (non-hydrogen) atoms. The molecule has 0 aromatic heterocycles. The van der Waals surface area contributed by atoms with Gasteiger partial charge in [-0.25, -0.2) is 0 Å². The first-order valence-electron chi connectivity index (χ1n) is 2.58. The van der Waals surface area contributed by atoms with Crippen molar-refractivity contribution in [1.82, 2.24) is 0 Å². The van der Waals surface area contributed by atoms with Crippen molar-refractivity contribution in [3.63, 3.8) is 0 Å². The van der Waals surface area contributed by atoms with Crippen molar-refractivity contribution in [3.8, 4) is 0 Å². The van der Waals surface area contributed by atoms with E-state index in [0.717, 1.165) is 0 Å². The first-order chi connectivity index (χ1) is 3.21. The van der Waals surface area contributed by atoms with Crippen LogP contribution in [-0.2, 0) is 0 Å². The zero-order valence-corrected chi connectivity index (χ0v) is 7.66. The van der Waals surface area contributed by atoms with Crippen LogP contribution in [0.4, 0.5) is 0 Å². The fraction of sp³-hybridized carbons (Fsp3) is 0.333. The van der Waals surface area contributed by atoms with Crippen molar-refractivity contribution >= 4 is 18.4 Å². The van der Waals surface area contributed by atoms with E-state index in [1.54, 1.807) is 0 Å². The molecule has 0 bridgehead atoms. The Morgan fingerprint density at radius 1 is 1.00 bits per heavy atom. The molecule has 0 aliphatic carbocycles. The van der Waals surface area contributed by atoms with E-state index in [2.05, 4.69) is 30.2 Å². The molecule has 0 amide bonds. The van der Waals surface area contributed by atoms with Gasteiger partial charge in [0.15, 0.2) is 0 Å². The van der Waals surface area contributed by atoms with Crippen molar-refractivity contribution in [1.29, 1.82) is 0 Å². The molecule has 0 unspecified atom stereocenters. The van der Waals surface area contributed by atoms with Crippen LogP contribution in [0, 0.1) is 0 Å². The molecule has 1 heterocycles. The predicted molar refractivity (Wildman–Crippen MR) is 35.8 cm³/mol. The van der Waals surface area contributed by atoms with Crippen LogP contribution < -0.4 is 0 Å². The van der Waals surface area contributed by atoms with Crippen LogP contribution in [0.3, 0.4) is 0 Å². The molecule has 0 N–H and O–H groups in total. The van der Waals surface area contributed by atoms with E-state index in [1.165, 1.54) is 0 Å². The molecule has 0 spiro atoms. The molecular weight excluding hydrogens is 191 g/mol. The summed E-state index contributed by atoms with van der Waals surface area (Å²) in [6.07, 6.45) is 4.35. The Balaban J connectivity index is 2.77. The van der Waals surface area contributed by atoms with Gasteiger partial charge < -0.3 is 0 Å². The van der Waals surface area contributed by atoms with Gasteiger partial charge in [-0.2, -0.15) is 0 Å². The fourth-order valence-electron chi connectivity index (χ4n) is 0.663. The molecule has 1 aliphatic heterocycles. The summed E-state index contributed by atoms with van der Waals surface area (Å²) in [6, 6.07) is 0. The van der Waals surface area contributed by atoms with Gasteiger partial charge >= 0.3 is 48.6 Å². The third-order valence-corrected chi connectivity index (χ3v) is 7.17. The quantitative estimate of drug-likeness (QED) is 0.525. The zero-order chi connectivity index (χ0) is 5.33. The average Bonchev–Trinajstić information content (AvgIpc) is 1.84. The maximum atomic E-state index is 2.40. The number of rotatable bonds is 0. The molecule has 1 heteroatoms. The van der Waals surface area contributed by atoms with Crippen LogP contribution in [0.1, 0.15) is 0 Å². The molecule has 0 aromatic rings. The molecule has 0 radical (unpaired) electrons. The van der Waals surface area contributed by atoms with Gasteiger partial charge in [-0.3, -0.25) is 0 Å². The molecule has 0 fully saturated rings. The molecule has 0 saturated carbocycles. The molecule has 38 valence electrons. The van der Waals surface area contributed by atoms with Gasteiger partial charge in [-0.05, 0) is 0 Å². The normalized spacial score (nSPS) is 23.7. The summed E-state index contributed by atoms with van der Waals surface area (Å²) in [5, 5.41) is 0. The van der Waals surface area contributed by atoms with E-state index in [-0.39, 0.29) is 0 Å². The van der Waals surface area contributed by atoms with E-state index < -0.39 is 18.4 Å². The Morgan fingerprint density at radius 3 is 1.57 bits per heavy atom. The molecule has 1 rings (SSSR count). The van der Waals surface area contributed by atoms with Crippen LogP contribution in [0.15, 0.2) is 20.3 Å².